The first-order valence-corrected chi connectivity index (χ1v) is 9.60. The minimum atomic E-state index is -3.06. The number of hydrogen-bond acceptors (Lipinski definition) is 4. The summed E-state index contributed by atoms with van der Waals surface area (Å²) in [6.07, 6.45) is 6.63. The van der Waals surface area contributed by atoms with Crippen molar-refractivity contribution in [3.8, 4) is 0 Å². The number of hydrogen-bond donors (Lipinski definition) is 1. The van der Waals surface area contributed by atoms with E-state index >= 15 is 0 Å². The Bertz CT molecular complexity index is 436. The van der Waals surface area contributed by atoms with Crippen molar-refractivity contribution in [2.24, 2.45) is 0 Å². The standard InChI is InChI=1S/C14H27N3O2S/c1-16-13-5-6-14(16)11-17(9-7-13)20(18,19)10-2-8-15-12-3-4-12/h12-15H,2-11H2,1H3. The number of rotatable bonds is 6. The van der Waals surface area contributed by atoms with Gasteiger partial charge in [-0.2, -0.15) is 0 Å². The largest absolute Gasteiger partial charge is 0.314 e. The lowest BCUT2D eigenvalue weighted by molar-refractivity contribution is 0.246. The van der Waals surface area contributed by atoms with E-state index in [1.165, 1.54) is 19.3 Å². The Labute approximate surface area is 122 Å². The predicted molar refractivity (Wildman–Crippen MR) is 80.2 cm³/mol. The van der Waals surface area contributed by atoms with E-state index in [0.29, 0.717) is 37.0 Å². The van der Waals surface area contributed by atoms with E-state index in [4.69, 9.17) is 0 Å². The van der Waals surface area contributed by atoms with E-state index in [2.05, 4.69) is 17.3 Å². The molecule has 0 spiro atoms. The second-order valence-electron chi connectivity index (χ2n) is 6.60. The van der Waals surface area contributed by atoms with Crippen molar-refractivity contribution in [2.75, 3.05) is 32.4 Å². The van der Waals surface area contributed by atoms with Crippen LogP contribution in [0.2, 0.25) is 0 Å². The van der Waals surface area contributed by atoms with Crippen LogP contribution in [-0.2, 0) is 10.0 Å². The first kappa shape index (κ1) is 14.8. The molecule has 5 nitrogen and oxygen atoms in total. The smallest absolute Gasteiger partial charge is 0.214 e. The molecule has 1 saturated carbocycles. The van der Waals surface area contributed by atoms with Gasteiger partial charge in [0.1, 0.15) is 0 Å². The molecule has 1 aliphatic carbocycles. The third-order valence-corrected chi connectivity index (χ3v) is 7.02. The topological polar surface area (TPSA) is 52.7 Å². The molecule has 2 bridgehead atoms. The molecule has 2 aliphatic heterocycles. The zero-order valence-corrected chi connectivity index (χ0v) is 13.2. The van der Waals surface area contributed by atoms with Gasteiger partial charge in [-0.05, 0) is 52.1 Å². The number of sulfonamides is 1. The lowest BCUT2D eigenvalue weighted by Gasteiger charge is -2.25. The number of nitrogens with one attached hydrogen (secondary N) is 1. The molecule has 0 aromatic rings. The van der Waals surface area contributed by atoms with Crippen LogP contribution in [-0.4, -0.2) is 68.2 Å². The lowest BCUT2D eigenvalue weighted by atomic mass is 10.1. The van der Waals surface area contributed by atoms with Gasteiger partial charge < -0.3 is 5.32 Å². The van der Waals surface area contributed by atoms with Crippen molar-refractivity contribution in [3.05, 3.63) is 0 Å². The first-order valence-electron chi connectivity index (χ1n) is 7.99. The van der Waals surface area contributed by atoms with Gasteiger partial charge in [-0.3, -0.25) is 4.90 Å². The van der Waals surface area contributed by atoms with Gasteiger partial charge in [0.2, 0.25) is 10.0 Å². The summed E-state index contributed by atoms with van der Waals surface area (Å²) in [5.74, 6) is 0.299. The molecule has 0 aromatic heterocycles. The Morgan fingerprint density at radius 3 is 2.60 bits per heavy atom. The zero-order chi connectivity index (χ0) is 14.2. The van der Waals surface area contributed by atoms with Crippen molar-refractivity contribution in [1.82, 2.24) is 14.5 Å². The minimum Gasteiger partial charge on any atom is -0.314 e. The minimum absolute atomic E-state index is 0.299. The van der Waals surface area contributed by atoms with E-state index in [1.54, 1.807) is 4.31 Å². The highest BCUT2D eigenvalue weighted by Gasteiger charge is 2.37. The molecule has 0 radical (unpaired) electrons. The molecule has 2 saturated heterocycles. The molecule has 6 heteroatoms. The zero-order valence-electron chi connectivity index (χ0n) is 12.4. The summed E-state index contributed by atoms with van der Waals surface area (Å²) >= 11 is 0. The molecule has 0 amide bonds. The molecular formula is C14H27N3O2S. The third-order valence-electron chi connectivity index (χ3n) is 5.09. The highest BCUT2D eigenvalue weighted by molar-refractivity contribution is 7.89. The Hall–Kier alpha value is -0.170. The van der Waals surface area contributed by atoms with Crippen LogP contribution >= 0.6 is 0 Å². The molecule has 3 fully saturated rings. The first-order chi connectivity index (χ1) is 9.56. The van der Waals surface area contributed by atoms with Crippen LogP contribution in [0.25, 0.3) is 0 Å². The Morgan fingerprint density at radius 2 is 1.85 bits per heavy atom. The van der Waals surface area contributed by atoms with Crippen LogP contribution in [0.1, 0.15) is 38.5 Å². The summed E-state index contributed by atoms with van der Waals surface area (Å²) in [6, 6.07) is 1.69. The van der Waals surface area contributed by atoms with E-state index in [9.17, 15) is 8.42 Å². The normalized spacial score (nSPS) is 32.5. The summed E-state index contributed by atoms with van der Waals surface area (Å²) in [7, 11) is -0.913. The molecule has 0 aromatic carbocycles. The van der Waals surface area contributed by atoms with Crippen molar-refractivity contribution in [3.63, 3.8) is 0 Å². The molecule has 1 N–H and O–H groups in total. The molecule has 3 rings (SSSR count). The summed E-state index contributed by atoms with van der Waals surface area (Å²) in [5, 5.41) is 3.39. The SMILES string of the molecule is CN1C2CCC1CN(S(=O)(=O)CCCNC1CC1)CC2. The Morgan fingerprint density at radius 1 is 1.10 bits per heavy atom. The van der Waals surface area contributed by atoms with E-state index in [1.807, 2.05) is 0 Å². The van der Waals surface area contributed by atoms with Crippen LogP contribution in [0.3, 0.4) is 0 Å². The molecule has 2 unspecified atom stereocenters. The van der Waals surface area contributed by atoms with Gasteiger partial charge in [-0.25, -0.2) is 12.7 Å². The van der Waals surface area contributed by atoms with Gasteiger partial charge in [-0.15, -0.1) is 0 Å². The number of likely N-dealkylation sites (N-methyl/N-ethyl adjacent to an activating group) is 1. The maximum absolute atomic E-state index is 12.5. The summed E-state index contributed by atoms with van der Waals surface area (Å²) < 4.78 is 26.7. The van der Waals surface area contributed by atoms with Gasteiger partial charge >= 0.3 is 0 Å². The molecular weight excluding hydrogens is 274 g/mol. The van der Waals surface area contributed by atoms with E-state index in [0.717, 1.165) is 25.8 Å². The fourth-order valence-corrected chi connectivity index (χ4v) is 5.06. The van der Waals surface area contributed by atoms with Crippen LogP contribution in [0.15, 0.2) is 0 Å². The van der Waals surface area contributed by atoms with E-state index < -0.39 is 10.0 Å². The maximum atomic E-state index is 12.5. The molecule has 2 atom stereocenters. The molecule has 3 aliphatic rings. The van der Waals surface area contributed by atoms with Gasteiger partial charge in [0, 0.05) is 31.2 Å². The Kier molecular flexibility index (Phi) is 4.36. The predicted octanol–water partition coefficient (Wildman–Crippen LogP) is 0.627. The van der Waals surface area contributed by atoms with Crippen LogP contribution in [0.5, 0.6) is 0 Å². The van der Waals surface area contributed by atoms with Gasteiger partial charge in [0.05, 0.1) is 5.75 Å². The van der Waals surface area contributed by atoms with Crippen LogP contribution < -0.4 is 5.32 Å². The number of nitrogens with zero attached hydrogens (tertiary/aromatic N) is 2. The highest BCUT2D eigenvalue weighted by atomic mass is 32.2. The highest BCUT2D eigenvalue weighted by Crippen LogP contribution is 2.29. The molecule has 116 valence electrons. The van der Waals surface area contributed by atoms with Crippen LogP contribution in [0.4, 0.5) is 0 Å². The summed E-state index contributed by atoms with van der Waals surface area (Å²) in [4.78, 5) is 2.39. The van der Waals surface area contributed by atoms with Gasteiger partial charge in [0.25, 0.3) is 0 Å². The maximum Gasteiger partial charge on any atom is 0.214 e. The second-order valence-corrected chi connectivity index (χ2v) is 8.68. The van der Waals surface area contributed by atoms with Crippen LogP contribution in [0, 0.1) is 0 Å². The fraction of sp³-hybridized carbons (Fsp3) is 1.00. The van der Waals surface area contributed by atoms with Gasteiger partial charge in [0.15, 0.2) is 0 Å². The third kappa shape index (κ3) is 3.35. The fourth-order valence-electron chi connectivity index (χ4n) is 3.51. The van der Waals surface area contributed by atoms with Crippen molar-refractivity contribution < 1.29 is 8.42 Å². The quantitative estimate of drug-likeness (QED) is 0.731. The van der Waals surface area contributed by atoms with Crippen molar-refractivity contribution >= 4 is 10.0 Å². The average molecular weight is 301 g/mol. The van der Waals surface area contributed by atoms with Crippen molar-refractivity contribution in [1.29, 1.82) is 0 Å². The lowest BCUT2D eigenvalue weighted by Crippen LogP contribution is -2.41. The molecule has 20 heavy (non-hydrogen) atoms. The summed E-state index contributed by atoms with van der Waals surface area (Å²) in [6.45, 7) is 2.25. The number of fused-ring (bicyclic) bond motifs is 2. The average Bonchev–Trinajstić information content (AvgIpc) is 3.14. The van der Waals surface area contributed by atoms with E-state index in [-0.39, 0.29) is 0 Å². The molecule has 2 heterocycles. The van der Waals surface area contributed by atoms with Gasteiger partial charge in [-0.1, -0.05) is 0 Å². The second kappa shape index (κ2) is 5.91. The summed E-state index contributed by atoms with van der Waals surface area (Å²) in [5.41, 5.74) is 0. The monoisotopic (exact) mass is 301 g/mol. The van der Waals surface area contributed by atoms with Crippen molar-refractivity contribution in [2.45, 2.75) is 56.7 Å². The Balaban J connectivity index is 1.51.